The first-order chi connectivity index (χ1) is 8.65. The Morgan fingerprint density at radius 1 is 1.33 bits per heavy atom. The monoisotopic (exact) mass is 251 g/mol. The van der Waals surface area contributed by atoms with E-state index in [1.54, 1.807) is 12.1 Å². The summed E-state index contributed by atoms with van der Waals surface area (Å²) in [6, 6.07) is 5.02. The Hall–Kier alpha value is -1.29. The van der Waals surface area contributed by atoms with Crippen LogP contribution in [0.2, 0.25) is 0 Å². The van der Waals surface area contributed by atoms with Gasteiger partial charge < -0.3 is 16.0 Å². The van der Waals surface area contributed by atoms with Gasteiger partial charge in [-0.15, -0.1) is 0 Å². The number of piperidine rings is 1. The Kier molecular flexibility index (Phi) is 4.42. The van der Waals surface area contributed by atoms with Crippen LogP contribution in [0.1, 0.15) is 26.2 Å². The molecule has 18 heavy (non-hydrogen) atoms. The van der Waals surface area contributed by atoms with Crippen molar-refractivity contribution in [3.05, 3.63) is 24.0 Å². The van der Waals surface area contributed by atoms with Crippen molar-refractivity contribution in [2.24, 2.45) is 0 Å². The van der Waals surface area contributed by atoms with Crippen molar-refractivity contribution in [2.75, 3.05) is 30.7 Å². The highest BCUT2D eigenvalue weighted by molar-refractivity contribution is 5.53. The molecule has 1 heterocycles. The summed E-state index contributed by atoms with van der Waals surface area (Å²) >= 11 is 0. The summed E-state index contributed by atoms with van der Waals surface area (Å²) in [7, 11) is 0. The van der Waals surface area contributed by atoms with Gasteiger partial charge in [0.2, 0.25) is 0 Å². The first-order valence-corrected chi connectivity index (χ1v) is 6.69. The van der Waals surface area contributed by atoms with Gasteiger partial charge in [0.25, 0.3) is 0 Å². The Bertz CT molecular complexity index is 389. The predicted octanol–water partition coefficient (Wildman–Crippen LogP) is 2.69. The van der Waals surface area contributed by atoms with Crippen LogP contribution in [0, 0.1) is 5.82 Å². The molecule has 4 heteroatoms. The van der Waals surface area contributed by atoms with Crippen LogP contribution in [0.3, 0.4) is 0 Å². The Morgan fingerprint density at radius 3 is 2.72 bits per heavy atom. The van der Waals surface area contributed by atoms with Crippen molar-refractivity contribution in [1.82, 2.24) is 4.90 Å². The highest BCUT2D eigenvalue weighted by Crippen LogP contribution is 2.18. The van der Waals surface area contributed by atoms with Crippen LogP contribution < -0.4 is 11.1 Å². The smallest absolute Gasteiger partial charge is 0.148 e. The van der Waals surface area contributed by atoms with Gasteiger partial charge >= 0.3 is 0 Å². The number of rotatable bonds is 4. The van der Waals surface area contributed by atoms with Crippen molar-refractivity contribution in [3.63, 3.8) is 0 Å². The van der Waals surface area contributed by atoms with E-state index in [0.717, 1.165) is 19.6 Å². The van der Waals surface area contributed by atoms with Crippen LogP contribution in [-0.2, 0) is 0 Å². The van der Waals surface area contributed by atoms with Crippen LogP contribution in [0.25, 0.3) is 0 Å². The number of nitrogens with zero attached hydrogens (tertiary/aromatic N) is 1. The summed E-state index contributed by atoms with van der Waals surface area (Å²) in [6.45, 7) is 5.38. The third kappa shape index (κ3) is 3.60. The molecule has 1 aromatic carbocycles. The number of nitrogens with one attached hydrogen (secondary N) is 1. The maximum Gasteiger partial charge on any atom is 0.148 e. The topological polar surface area (TPSA) is 41.3 Å². The molecule has 100 valence electrons. The quantitative estimate of drug-likeness (QED) is 0.808. The zero-order chi connectivity index (χ0) is 13.0. The van der Waals surface area contributed by atoms with Crippen LogP contribution >= 0.6 is 0 Å². The van der Waals surface area contributed by atoms with Crippen molar-refractivity contribution in [1.29, 1.82) is 0 Å². The van der Waals surface area contributed by atoms with Crippen LogP contribution in [0.15, 0.2) is 18.2 Å². The fourth-order valence-corrected chi connectivity index (χ4v) is 2.49. The van der Waals surface area contributed by atoms with E-state index >= 15 is 0 Å². The molecule has 2 rings (SSSR count). The van der Waals surface area contributed by atoms with Crippen molar-refractivity contribution in [2.45, 2.75) is 32.2 Å². The van der Waals surface area contributed by atoms with E-state index in [9.17, 15) is 4.39 Å². The lowest BCUT2D eigenvalue weighted by atomic mass is 10.1. The summed E-state index contributed by atoms with van der Waals surface area (Å²) in [5.41, 5.74) is 6.53. The molecule has 3 nitrogen and oxygen atoms in total. The molecule has 0 saturated carbocycles. The maximum atomic E-state index is 13.6. The molecular weight excluding hydrogens is 229 g/mol. The molecule has 1 atom stereocenters. The van der Waals surface area contributed by atoms with E-state index in [0.29, 0.717) is 11.4 Å². The minimum atomic E-state index is -0.277. The summed E-state index contributed by atoms with van der Waals surface area (Å²) < 4.78 is 13.6. The second-order valence-electron chi connectivity index (χ2n) is 5.15. The van der Waals surface area contributed by atoms with Crippen molar-refractivity contribution < 1.29 is 4.39 Å². The van der Waals surface area contributed by atoms with Gasteiger partial charge in [0.1, 0.15) is 5.82 Å². The Morgan fingerprint density at radius 2 is 2.06 bits per heavy atom. The molecule has 0 spiro atoms. The number of likely N-dealkylation sites (tertiary alicyclic amines) is 1. The molecule has 0 radical (unpaired) electrons. The van der Waals surface area contributed by atoms with E-state index in [4.69, 9.17) is 5.73 Å². The van der Waals surface area contributed by atoms with Crippen LogP contribution in [0.4, 0.5) is 15.8 Å². The lowest BCUT2D eigenvalue weighted by Gasteiger charge is -2.29. The molecule has 0 bridgehead atoms. The summed E-state index contributed by atoms with van der Waals surface area (Å²) in [5, 5.41) is 3.21. The number of benzene rings is 1. The normalized spacial score (nSPS) is 18.6. The lowest BCUT2D eigenvalue weighted by Crippen LogP contribution is -2.38. The molecule has 1 saturated heterocycles. The average molecular weight is 251 g/mol. The number of hydrogen-bond acceptors (Lipinski definition) is 3. The number of nitrogen functional groups attached to an aromatic ring is 1. The highest BCUT2D eigenvalue weighted by Gasteiger charge is 2.14. The van der Waals surface area contributed by atoms with E-state index in [-0.39, 0.29) is 11.9 Å². The first kappa shape index (κ1) is 13.1. The fraction of sp³-hybridized carbons (Fsp3) is 0.571. The van der Waals surface area contributed by atoms with Gasteiger partial charge in [-0.25, -0.2) is 4.39 Å². The second kappa shape index (κ2) is 6.05. The summed E-state index contributed by atoms with van der Waals surface area (Å²) in [6.07, 6.45) is 3.90. The van der Waals surface area contributed by atoms with Gasteiger partial charge in [0, 0.05) is 18.3 Å². The van der Waals surface area contributed by atoms with Gasteiger partial charge in [0.05, 0.1) is 5.69 Å². The zero-order valence-corrected chi connectivity index (χ0v) is 11.0. The number of hydrogen-bond donors (Lipinski definition) is 2. The molecule has 1 unspecified atom stereocenters. The Labute approximate surface area is 108 Å². The minimum Gasteiger partial charge on any atom is -0.399 e. The van der Waals surface area contributed by atoms with E-state index in [1.807, 2.05) is 0 Å². The Balaban J connectivity index is 1.87. The zero-order valence-electron chi connectivity index (χ0n) is 11.0. The molecule has 1 fully saturated rings. The maximum absolute atomic E-state index is 13.6. The third-order valence-electron chi connectivity index (χ3n) is 3.38. The van der Waals surface area contributed by atoms with Gasteiger partial charge in [-0.2, -0.15) is 0 Å². The van der Waals surface area contributed by atoms with E-state index in [2.05, 4.69) is 17.1 Å². The largest absolute Gasteiger partial charge is 0.399 e. The second-order valence-corrected chi connectivity index (χ2v) is 5.15. The van der Waals surface area contributed by atoms with E-state index in [1.165, 1.54) is 25.3 Å². The molecule has 0 aromatic heterocycles. The third-order valence-corrected chi connectivity index (χ3v) is 3.38. The van der Waals surface area contributed by atoms with Gasteiger partial charge in [0.15, 0.2) is 0 Å². The van der Waals surface area contributed by atoms with Crippen LogP contribution in [-0.4, -0.2) is 30.6 Å². The van der Waals surface area contributed by atoms with E-state index < -0.39 is 0 Å². The average Bonchev–Trinajstić information content (AvgIpc) is 2.34. The first-order valence-electron chi connectivity index (χ1n) is 6.69. The molecule has 1 aliphatic rings. The molecule has 0 aliphatic carbocycles. The molecule has 1 aromatic rings. The highest BCUT2D eigenvalue weighted by atomic mass is 19.1. The lowest BCUT2D eigenvalue weighted by molar-refractivity contribution is 0.223. The van der Waals surface area contributed by atoms with Crippen LogP contribution in [0.5, 0.6) is 0 Å². The molecule has 0 amide bonds. The standard InChI is InChI=1S/C14H22FN3/c1-11(10-18-7-3-2-4-8-18)17-14-6-5-12(16)9-13(14)15/h5-6,9,11,17H,2-4,7-8,10,16H2,1H3. The summed E-state index contributed by atoms with van der Waals surface area (Å²) in [5.74, 6) is -0.277. The number of anilines is 2. The predicted molar refractivity (Wildman–Crippen MR) is 74.2 cm³/mol. The number of nitrogens with two attached hydrogens (primary N) is 1. The van der Waals surface area contributed by atoms with Gasteiger partial charge in [-0.3, -0.25) is 0 Å². The van der Waals surface area contributed by atoms with Gasteiger partial charge in [-0.05, 0) is 51.1 Å². The molecule has 3 N–H and O–H groups in total. The number of halogens is 1. The van der Waals surface area contributed by atoms with Gasteiger partial charge in [-0.1, -0.05) is 6.42 Å². The fourth-order valence-electron chi connectivity index (χ4n) is 2.49. The van der Waals surface area contributed by atoms with Crippen molar-refractivity contribution in [3.8, 4) is 0 Å². The minimum absolute atomic E-state index is 0.237. The van der Waals surface area contributed by atoms with Crippen molar-refractivity contribution >= 4 is 11.4 Å². The molecular formula is C14H22FN3. The summed E-state index contributed by atoms with van der Waals surface area (Å²) in [4.78, 5) is 2.44. The molecule has 1 aliphatic heterocycles. The SMILES string of the molecule is CC(CN1CCCCC1)Nc1ccc(N)cc1F.